The molecule has 3 aromatic rings. The van der Waals surface area contributed by atoms with E-state index in [4.69, 9.17) is 19.9 Å². The molecule has 4 N–H and O–H groups in total. The molecule has 0 aromatic heterocycles. The van der Waals surface area contributed by atoms with Crippen LogP contribution in [0.25, 0.3) is 0 Å². The maximum absolute atomic E-state index is 13.4. The summed E-state index contributed by atoms with van der Waals surface area (Å²) >= 11 is 0. The monoisotopic (exact) mass is 481 g/mol. The fourth-order valence-electron chi connectivity index (χ4n) is 3.17. The summed E-state index contributed by atoms with van der Waals surface area (Å²) < 4.78 is 29.3. The van der Waals surface area contributed by atoms with Crippen LogP contribution in [0.1, 0.15) is 26.3 Å². The van der Waals surface area contributed by atoms with Crippen molar-refractivity contribution in [3.8, 4) is 17.2 Å². The zero-order valence-electron chi connectivity index (χ0n) is 19.1. The molecule has 9 nitrogen and oxygen atoms in total. The summed E-state index contributed by atoms with van der Waals surface area (Å²) in [6, 6.07) is 15.1. The first kappa shape index (κ1) is 25.0. The minimum Gasteiger partial charge on any atom is -0.493 e. The molecule has 0 aliphatic rings. The number of halogens is 1. The molecule has 0 atom stereocenters. The van der Waals surface area contributed by atoms with Crippen LogP contribution in [0.2, 0.25) is 0 Å². The van der Waals surface area contributed by atoms with Crippen LogP contribution >= 0.6 is 0 Å². The molecule has 3 amide bonds. The van der Waals surface area contributed by atoms with Crippen molar-refractivity contribution in [2.75, 3.05) is 26.1 Å². The first-order chi connectivity index (χ1) is 16.8. The predicted octanol–water partition coefficient (Wildman–Crippen LogP) is 2.89. The Morgan fingerprint density at radius 3 is 2.20 bits per heavy atom. The number of carbonyl (C=O) groups is 3. The number of methoxy groups -OCH3 is 2. The van der Waals surface area contributed by atoms with E-state index in [1.807, 2.05) is 0 Å². The molecule has 0 saturated heterocycles. The number of ether oxygens (including phenoxy) is 3. The van der Waals surface area contributed by atoms with E-state index in [9.17, 15) is 18.8 Å². The van der Waals surface area contributed by atoms with Crippen molar-refractivity contribution in [2.24, 2.45) is 5.73 Å². The lowest BCUT2D eigenvalue weighted by Gasteiger charge is -2.15. The van der Waals surface area contributed by atoms with E-state index in [1.54, 1.807) is 24.3 Å². The highest BCUT2D eigenvalue weighted by atomic mass is 19.1. The smallest absolute Gasteiger partial charge is 0.255 e. The Morgan fingerprint density at radius 2 is 1.57 bits per heavy atom. The van der Waals surface area contributed by atoms with Gasteiger partial charge in [-0.15, -0.1) is 0 Å². The second kappa shape index (κ2) is 11.5. The van der Waals surface area contributed by atoms with Crippen LogP contribution < -0.4 is 30.6 Å². The molecule has 3 rings (SSSR count). The fourth-order valence-corrected chi connectivity index (χ4v) is 3.17. The lowest BCUT2D eigenvalue weighted by atomic mass is 10.1. The maximum atomic E-state index is 13.4. The van der Waals surface area contributed by atoms with Gasteiger partial charge in [-0.25, -0.2) is 4.39 Å². The number of primary amides is 1. The van der Waals surface area contributed by atoms with Crippen LogP contribution in [0, 0.1) is 5.82 Å². The number of benzene rings is 3. The molecule has 3 aromatic carbocycles. The summed E-state index contributed by atoms with van der Waals surface area (Å²) in [5.74, 6) is -1.52. The highest BCUT2D eigenvalue weighted by Gasteiger charge is 2.18. The molecular formula is C25H24FN3O6. The van der Waals surface area contributed by atoms with Crippen LogP contribution in [0.4, 0.5) is 10.1 Å². The number of hydrogen-bond donors (Lipinski definition) is 3. The molecule has 0 radical (unpaired) electrons. The molecule has 0 fully saturated rings. The van der Waals surface area contributed by atoms with Crippen LogP contribution in [0.15, 0.2) is 60.7 Å². The molecular weight excluding hydrogens is 457 g/mol. The number of nitrogens with one attached hydrogen (secondary N) is 2. The van der Waals surface area contributed by atoms with Crippen molar-refractivity contribution in [1.29, 1.82) is 0 Å². The third kappa shape index (κ3) is 6.70. The Kier molecular flexibility index (Phi) is 8.23. The minimum atomic E-state index is -0.676. The molecule has 35 heavy (non-hydrogen) atoms. The van der Waals surface area contributed by atoms with Crippen LogP contribution in [-0.2, 0) is 11.3 Å². The van der Waals surface area contributed by atoms with E-state index < -0.39 is 23.5 Å². The Morgan fingerprint density at radius 1 is 0.886 bits per heavy atom. The van der Waals surface area contributed by atoms with Gasteiger partial charge in [0.25, 0.3) is 17.7 Å². The highest BCUT2D eigenvalue weighted by molar-refractivity contribution is 6.04. The molecule has 0 unspecified atom stereocenters. The second-order valence-corrected chi connectivity index (χ2v) is 7.31. The Hall–Kier alpha value is -4.60. The molecule has 182 valence electrons. The van der Waals surface area contributed by atoms with E-state index in [1.165, 1.54) is 44.6 Å². The van der Waals surface area contributed by atoms with Gasteiger partial charge in [-0.3, -0.25) is 14.4 Å². The van der Waals surface area contributed by atoms with Crippen molar-refractivity contribution in [3.63, 3.8) is 0 Å². The van der Waals surface area contributed by atoms with Gasteiger partial charge in [0.15, 0.2) is 18.1 Å². The van der Waals surface area contributed by atoms with Crippen molar-refractivity contribution in [3.05, 3.63) is 83.2 Å². The van der Waals surface area contributed by atoms with Gasteiger partial charge in [0.05, 0.1) is 14.2 Å². The van der Waals surface area contributed by atoms with Gasteiger partial charge < -0.3 is 30.6 Å². The van der Waals surface area contributed by atoms with Crippen LogP contribution in [0.5, 0.6) is 17.2 Å². The van der Waals surface area contributed by atoms with Gasteiger partial charge in [0.2, 0.25) is 5.75 Å². The lowest BCUT2D eigenvalue weighted by molar-refractivity contribution is -0.120. The van der Waals surface area contributed by atoms with Crippen molar-refractivity contribution < 1.29 is 33.0 Å². The molecule has 10 heteroatoms. The lowest BCUT2D eigenvalue weighted by Crippen LogP contribution is -2.23. The number of nitrogens with two attached hydrogens (primary N) is 1. The van der Waals surface area contributed by atoms with Crippen LogP contribution in [-0.4, -0.2) is 38.5 Å². The summed E-state index contributed by atoms with van der Waals surface area (Å²) in [7, 11) is 2.77. The van der Waals surface area contributed by atoms with E-state index in [0.717, 1.165) is 11.6 Å². The average molecular weight is 481 g/mol. The van der Waals surface area contributed by atoms with Crippen molar-refractivity contribution >= 4 is 23.4 Å². The van der Waals surface area contributed by atoms with Gasteiger partial charge >= 0.3 is 0 Å². The SMILES string of the molecule is COc1cc(C(=O)NCc2cccc(NC(=O)c3cccc(F)c3)c2)cc(OC)c1OCC(N)=O. The van der Waals surface area contributed by atoms with Crippen molar-refractivity contribution in [1.82, 2.24) is 5.32 Å². The summed E-state index contributed by atoms with van der Waals surface area (Å²) in [6.07, 6.45) is 0. The van der Waals surface area contributed by atoms with Crippen molar-refractivity contribution in [2.45, 2.75) is 6.54 Å². The first-order valence-corrected chi connectivity index (χ1v) is 10.4. The Bertz CT molecular complexity index is 1220. The second-order valence-electron chi connectivity index (χ2n) is 7.31. The number of carbonyl (C=O) groups excluding carboxylic acids is 3. The highest BCUT2D eigenvalue weighted by Crippen LogP contribution is 2.38. The van der Waals surface area contributed by atoms with Gasteiger partial charge in [-0.2, -0.15) is 0 Å². The molecule has 0 heterocycles. The molecule has 0 spiro atoms. The number of anilines is 1. The van der Waals surface area contributed by atoms with Gasteiger partial charge in [-0.05, 0) is 48.0 Å². The summed E-state index contributed by atoms with van der Waals surface area (Å²) in [6.45, 7) is -0.225. The molecule has 0 bridgehead atoms. The predicted molar refractivity (Wildman–Crippen MR) is 126 cm³/mol. The largest absolute Gasteiger partial charge is 0.493 e. The maximum Gasteiger partial charge on any atom is 0.255 e. The van der Waals surface area contributed by atoms with Gasteiger partial charge in [0, 0.05) is 23.4 Å². The van der Waals surface area contributed by atoms with E-state index in [-0.39, 0.29) is 41.5 Å². The quantitative estimate of drug-likeness (QED) is 0.408. The number of hydrogen-bond acceptors (Lipinski definition) is 6. The Balaban J connectivity index is 1.69. The van der Waals surface area contributed by atoms with Gasteiger partial charge in [-0.1, -0.05) is 18.2 Å². The third-order valence-corrected chi connectivity index (χ3v) is 4.81. The molecule has 0 aliphatic carbocycles. The molecule has 0 saturated carbocycles. The normalized spacial score (nSPS) is 10.3. The Labute approximate surface area is 201 Å². The summed E-state index contributed by atoms with van der Waals surface area (Å²) in [5, 5.41) is 5.48. The zero-order chi connectivity index (χ0) is 25.4. The molecule has 0 aliphatic heterocycles. The van der Waals surface area contributed by atoms with E-state index in [0.29, 0.717) is 5.69 Å². The minimum absolute atomic E-state index is 0.145. The zero-order valence-corrected chi connectivity index (χ0v) is 19.1. The summed E-state index contributed by atoms with van der Waals surface area (Å²) in [5.41, 5.74) is 6.76. The average Bonchev–Trinajstić information content (AvgIpc) is 2.85. The van der Waals surface area contributed by atoms with Gasteiger partial charge in [0.1, 0.15) is 5.82 Å². The van der Waals surface area contributed by atoms with Crippen LogP contribution in [0.3, 0.4) is 0 Å². The summed E-state index contributed by atoms with van der Waals surface area (Å²) in [4.78, 5) is 36.2. The number of amides is 3. The number of rotatable bonds is 10. The topological polar surface area (TPSA) is 129 Å². The third-order valence-electron chi connectivity index (χ3n) is 4.81. The van der Waals surface area contributed by atoms with E-state index in [2.05, 4.69) is 10.6 Å². The van der Waals surface area contributed by atoms with E-state index >= 15 is 0 Å². The fraction of sp³-hybridized carbons (Fsp3) is 0.160. The first-order valence-electron chi connectivity index (χ1n) is 10.4. The standard InChI is InChI=1S/C25H24FN3O6/c1-33-20-11-17(12-21(34-2)23(20)35-14-22(27)30)24(31)28-13-15-5-3-8-19(9-15)29-25(32)16-6-4-7-18(26)10-16/h3-12H,13-14H2,1-2H3,(H2,27,30)(H,28,31)(H,29,32).